The summed E-state index contributed by atoms with van der Waals surface area (Å²) in [5, 5.41) is 17.3. The van der Waals surface area contributed by atoms with Crippen molar-refractivity contribution in [2.45, 2.75) is 70.0 Å². The first-order chi connectivity index (χ1) is 19.3. The van der Waals surface area contributed by atoms with Gasteiger partial charge in [0.05, 0.1) is 23.6 Å². The monoisotopic (exact) mass is 588 g/mol. The molecule has 2 aromatic rings. The van der Waals surface area contributed by atoms with Gasteiger partial charge in [-0.25, -0.2) is 8.42 Å². The Kier molecular flexibility index (Phi) is 13.9. The number of nitrogens with zero attached hydrogens (tertiary/aromatic N) is 2. The number of sulfonamides is 1. The van der Waals surface area contributed by atoms with Gasteiger partial charge < -0.3 is 20.6 Å². The number of carbonyl (C=O) groups excluding carboxylic acids is 2. The van der Waals surface area contributed by atoms with Crippen LogP contribution in [0.5, 0.6) is 0 Å². The Labute approximate surface area is 246 Å². The molecule has 0 spiro atoms. The highest BCUT2D eigenvalue weighted by molar-refractivity contribution is 7.89. The first kappa shape index (κ1) is 34.4. The van der Waals surface area contributed by atoms with Crippen molar-refractivity contribution >= 4 is 21.8 Å². The molecule has 2 aromatic carbocycles. The first-order valence-corrected chi connectivity index (χ1v) is 15.8. The Morgan fingerprint density at radius 3 is 2.05 bits per heavy atom. The fraction of sp³-hybridized carbons (Fsp3) is 0.548. The van der Waals surface area contributed by atoms with Gasteiger partial charge in [0.25, 0.3) is 0 Å². The van der Waals surface area contributed by atoms with Crippen LogP contribution in [0.2, 0.25) is 0 Å². The van der Waals surface area contributed by atoms with Crippen LogP contribution in [0.4, 0.5) is 0 Å². The second-order valence-corrected chi connectivity index (χ2v) is 13.3. The van der Waals surface area contributed by atoms with Gasteiger partial charge in [-0.15, -0.1) is 0 Å². The fourth-order valence-corrected chi connectivity index (χ4v) is 5.92. The van der Waals surface area contributed by atoms with E-state index in [2.05, 4.69) is 10.6 Å². The quantitative estimate of drug-likeness (QED) is 0.262. The average molecular weight is 589 g/mol. The van der Waals surface area contributed by atoms with Gasteiger partial charge in [-0.05, 0) is 56.5 Å². The summed E-state index contributed by atoms with van der Waals surface area (Å²) in [6.45, 7) is 8.04. The Morgan fingerprint density at radius 2 is 1.51 bits per heavy atom. The minimum atomic E-state index is -3.89. The largest absolute Gasteiger partial charge is 0.390 e. The molecule has 0 aliphatic rings. The summed E-state index contributed by atoms with van der Waals surface area (Å²) < 4.78 is 28.5. The Balaban J connectivity index is 2.37. The number of likely N-dealkylation sites (N-methyl/N-ethyl adjacent to an activating group) is 1. The van der Waals surface area contributed by atoms with Gasteiger partial charge in [-0.3, -0.25) is 9.59 Å². The zero-order chi connectivity index (χ0) is 30.6. The van der Waals surface area contributed by atoms with Crippen LogP contribution in [-0.2, 0) is 26.0 Å². The summed E-state index contributed by atoms with van der Waals surface area (Å²) in [7, 11) is -0.336. The molecule has 228 valence electrons. The first-order valence-electron chi connectivity index (χ1n) is 14.4. The lowest BCUT2D eigenvalue weighted by Crippen LogP contribution is -2.57. The molecule has 0 aliphatic heterocycles. The number of aliphatic hydroxyl groups is 1. The molecule has 0 aliphatic carbocycles. The van der Waals surface area contributed by atoms with E-state index in [0.717, 1.165) is 5.56 Å². The van der Waals surface area contributed by atoms with Crippen molar-refractivity contribution in [3.8, 4) is 0 Å². The maximum atomic E-state index is 13.6. The van der Waals surface area contributed by atoms with Crippen LogP contribution in [-0.4, -0.2) is 86.5 Å². The molecule has 4 atom stereocenters. The zero-order valence-corrected chi connectivity index (χ0v) is 26.1. The number of benzene rings is 2. The van der Waals surface area contributed by atoms with Gasteiger partial charge in [0, 0.05) is 13.1 Å². The zero-order valence-electron chi connectivity index (χ0n) is 25.3. The minimum Gasteiger partial charge on any atom is -0.390 e. The molecule has 3 N–H and O–H groups in total. The van der Waals surface area contributed by atoms with Crippen molar-refractivity contribution in [2.75, 3.05) is 33.7 Å². The molecule has 0 saturated carbocycles. The maximum Gasteiger partial charge on any atom is 0.243 e. The van der Waals surface area contributed by atoms with Crippen LogP contribution in [0.3, 0.4) is 0 Å². The highest BCUT2D eigenvalue weighted by Crippen LogP contribution is 2.19. The number of nitrogens with one attached hydrogen (secondary N) is 2. The van der Waals surface area contributed by atoms with E-state index in [1.807, 2.05) is 58.0 Å². The number of carbonyl (C=O) groups is 2. The number of amides is 2. The topological polar surface area (TPSA) is 119 Å². The summed E-state index contributed by atoms with van der Waals surface area (Å²) in [4.78, 5) is 28.0. The standard InChI is InChI=1S/C31H48N4O5S/c1-7-24(4)30(33-29(37)22-34(5)6)31(38)32-27(20-25-14-10-8-11-15-25)28(36)21-35(19-18-23(2)3)41(39,40)26-16-12-9-13-17-26/h8-17,23-24,27-28,30,36H,7,18-22H2,1-6H3,(H,32,38)(H,33,37)/t24?,27-,28+,30-/m0/s1. The predicted octanol–water partition coefficient (Wildman–Crippen LogP) is 2.90. The number of hydrogen-bond acceptors (Lipinski definition) is 6. The smallest absolute Gasteiger partial charge is 0.243 e. The molecule has 9 nitrogen and oxygen atoms in total. The van der Waals surface area contributed by atoms with Crippen molar-refractivity contribution in [3.63, 3.8) is 0 Å². The van der Waals surface area contributed by atoms with Crippen LogP contribution in [0, 0.1) is 11.8 Å². The van der Waals surface area contributed by atoms with Crippen molar-refractivity contribution < 1.29 is 23.1 Å². The molecule has 1 unspecified atom stereocenters. The number of hydrogen-bond donors (Lipinski definition) is 3. The summed E-state index contributed by atoms with van der Waals surface area (Å²) in [6, 6.07) is 16.0. The maximum absolute atomic E-state index is 13.6. The van der Waals surface area contributed by atoms with Crippen LogP contribution in [0.15, 0.2) is 65.6 Å². The third kappa shape index (κ3) is 11.2. The molecular weight excluding hydrogens is 540 g/mol. The average Bonchev–Trinajstić information content (AvgIpc) is 2.93. The van der Waals surface area contributed by atoms with E-state index in [9.17, 15) is 23.1 Å². The Hall–Kier alpha value is -2.79. The van der Waals surface area contributed by atoms with Crippen molar-refractivity contribution in [3.05, 3.63) is 66.2 Å². The summed E-state index contributed by atoms with van der Waals surface area (Å²) >= 11 is 0. The number of aliphatic hydroxyl groups excluding tert-OH is 1. The second kappa shape index (κ2) is 16.6. The van der Waals surface area contributed by atoms with Crippen molar-refractivity contribution in [1.29, 1.82) is 0 Å². The fourth-order valence-electron chi connectivity index (χ4n) is 4.42. The lowest BCUT2D eigenvalue weighted by molar-refractivity contribution is -0.131. The second-order valence-electron chi connectivity index (χ2n) is 11.4. The highest BCUT2D eigenvalue weighted by atomic mass is 32.2. The third-order valence-electron chi connectivity index (χ3n) is 7.09. The van der Waals surface area contributed by atoms with Gasteiger partial charge in [-0.1, -0.05) is 82.6 Å². The molecule has 41 heavy (non-hydrogen) atoms. The minimum absolute atomic E-state index is 0.137. The predicted molar refractivity (Wildman–Crippen MR) is 163 cm³/mol. The van der Waals surface area contributed by atoms with E-state index in [4.69, 9.17) is 0 Å². The molecule has 2 amide bonds. The SMILES string of the molecule is CCC(C)[C@H](NC(=O)CN(C)C)C(=O)N[C@@H](Cc1ccccc1)[C@H](O)CN(CCC(C)C)S(=O)(=O)c1ccccc1. The van der Waals surface area contributed by atoms with Gasteiger partial charge in [0.1, 0.15) is 6.04 Å². The number of rotatable bonds is 17. The molecule has 0 aromatic heterocycles. The molecule has 10 heteroatoms. The third-order valence-corrected chi connectivity index (χ3v) is 8.97. The Morgan fingerprint density at radius 1 is 0.927 bits per heavy atom. The Bertz CT molecular complexity index is 1180. The van der Waals surface area contributed by atoms with E-state index in [1.54, 1.807) is 49.3 Å². The van der Waals surface area contributed by atoms with Gasteiger partial charge in [0.15, 0.2) is 0 Å². The molecular formula is C31H48N4O5S. The highest BCUT2D eigenvalue weighted by Gasteiger charge is 2.33. The molecule has 0 radical (unpaired) electrons. The van der Waals surface area contributed by atoms with Crippen LogP contribution >= 0.6 is 0 Å². The van der Waals surface area contributed by atoms with E-state index in [-0.39, 0.29) is 48.7 Å². The van der Waals surface area contributed by atoms with Crippen LogP contribution in [0.1, 0.15) is 46.1 Å². The molecule has 2 rings (SSSR count). The molecule has 0 fully saturated rings. The summed E-state index contributed by atoms with van der Waals surface area (Å²) in [5.74, 6) is -0.588. The van der Waals surface area contributed by atoms with Gasteiger partial charge in [0.2, 0.25) is 21.8 Å². The van der Waals surface area contributed by atoms with E-state index in [0.29, 0.717) is 12.8 Å². The van der Waals surface area contributed by atoms with Crippen LogP contribution < -0.4 is 10.6 Å². The lowest BCUT2D eigenvalue weighted by atomic mass is 9.96. The van der Waals surface area contributed by atoms with Crippen molar-refractivity contribution in [2.24, 2.45) is 11.8 Å². The molecule has 0 saturated heterocycles. The van der Waals surface area contributed by atoms with E-state index >= 15 is 0 Å². The lowest BCUT2D eigenvalue weighted by Gasteiger charge is -2.32. The van der Waals surface area contributed by atoms with Crippen LogP contribution in [0.25, 0.3) is 0 Å². The van der Waals surface area contributed by atoms with Crippen molar-refractivity contribution in [1.82, 2.24) is 19.8 Å². The summed E-state index contributed by atoms with van der Waals surface area (Å²) in [5.41, 5.74) is 0.883. The van der Waals surface area contributed by atoms with E-state index in [1.165, 1.54) is 4.31 Å². The van der Waals surface area contributed by atoms with E-state index < -0.39 is 34.1 Å². The summed E-state index contributed by atoms with van der Waals surface area (Å²) in [6.07, 6.45) is 0.350. The van der Waals surface area contributed by atoms with Gasteiger partial charge >= 0.3 is 0 Å². The molecule has 0 bridgehead atoms. The normalized spacial score (nSPS) is 15.0. The molecule has 0 heterocycles. The van der Waals surface area contributed by atoms with Gasteiger partial charge in [-0.2, -0.15) is 4.31 Å².